The molecule has 2 aromatic carbocycles. The van der Waals surface area contributed by atoms with Gasteiger partial charge in [-0.1, -0.05) is 49.4 Å². The van der Waals surface area contributed by atoms with Gasteiger partial charge in [-0.25, -0.2) is 0 Å². The third kappa shape index (κ3) is 5.09. The summed E-state index contributed by atoms with van der Waals surface area (Å²) in [6.07, 6.45) is 1.62. The maximum absolute atomic E-state index is 12.1. The largest absolute Gasteiger partial charge is 0.508 e. The van der Waals surface area contributed by atoms with E-state index in [1.54, 1.807) is 12.1 Å². The number of ether oxygens (including phenoxy) is 1. The van der Waals surface area contributed by atoms with Crippen molar-refractivity contribution in [2.75, 3.05) is 7.11 Å². The summed E-state index contributed by atoms with van der Waals surface area (Å²) in [5.74, 6) is 0.632. The normalized spacial score (nSPS) is 13.9. The highest BCUT2D eigenvalue weighted by Gasteiger charge is 2.33. The van der Waals surface area contributed by atoms with Crippen LogP contribution in [0.15, 0.2) is 54.6 Å². The zero-order valence-corrected chi connectivity index (χ0v) is 15.5. The monoisotopic (exact) mass is 340 g/mol. The van der Waals surface area contributed by atoms with Gasteiger partial charge in [-0.15, -0.1) is 0 Å². The van der Waals surface area contributed by atoms with Crippen molar-refractivity contribution in [3.8, 4) is 5.75 Å². The maximum Gasteiger partial charge on any atom is 0.311 e. The van der Waals surface area contributed by atoms with Gasteiger partial charge in [0.2, 0.25) is 0 Å². The van der Waals surface area contributed by atoms with Crippen LogP contribution in [0.2, 0.25) is 0 Å². The fraction of sp³-hybridized carbons (Fsp3) is 0.409. The van der Waals surface area contributed by atoms with Crippen molar-refractivity contribution in [1.29, 1.82) is 0 Å². The molecular formula is C22H28O3. The van der Waals surface area contributed by atoms with Gasteiger partial charge in [-0.2, -0.15) is 0 Å². The molecule has 0 radical (unpaired) electrons. The third-order valence-corrected chi connectivity index (χ3v) is 4.87. The summed E-state index contributed by atoms with van der Waals surface area (Å²) in [6, 6.07) is 17.7. The van der Waals surface area contributed by atoms with Gasteiger partial charge in [0.05, 0.1) is 12.5 Å². The number of phenols is 1. The molecule has 0 amide bonds. The van der Waals surface area contributed by atoms with E-state index in [-0.39, 0.29) is 17.6 Å². The number of benzene rings is 2. The Hall–Kier alpha value is -2.29. The summed E-state index contributed by atoms with van der Waals surface area (Å²) in [6.45, 7) is 6.08. The number of carbonyl (C=O) groups is 1. The molecule has 0 saturated heterocycles. The molecule has 3 heteroatoms. The van der Waals surface area contributed by atoms with Crippen LogP contribution in [0.25, 0.3) is 0 Å². The fourth-order valence-corrected chi connectivity index (χ4v) is 3.40. The number of aromatic hydroxyl groups is 1. The molecule has 134 valence electrons. The second-order valence-electron chi connectivity index (χ2n) is 7.42. The van der Waals surface area contributed by atoms with Crippen molar-refractivity contribution in [3.63, 3.8) is 0 Å². The Bertz CT molecular complexity index is 674. The Morgan fingerprint density at radius 1 is 1.04 bits per heavy atom. The van der Waals surface area contributed by atoms with E-state index < -0.39 is 5.41 Å². The molecule has 25 heavy (non-hydrogen) atoms. The minimum Gasteiger partial charge on any atom is -0.508 e. The van der Waals surface area contributed by atoms with Gasteiger partial charge in [0.1, 0.15) is 5.75 Å². The molecule has 0 heterocycles. The summed E-state index contributed by atoms with van der Waals surface area (Å²) in [4.78, 5) is 12.1. The average Bonchev–Trinajstić information content (AvgIpc) is 2.61. The van der Waals surface area contributed by atoms with Gasteiger partial charge >= 0.3 is 5.97 Å². The van der Waals surface area contributed by atoms with Crippen LogP contribution in [0, 0.1) is 5.41 Å². The van der Waals surface area contributed by atoms with Crippen LogP contribution in [0.5, 0.6) is 5.75 Å². The first-order chi connectivity index (χ1) is 11.8. The highest BCUT2D eigenvalue weighted by atomic mass is 16.5. The topological polar surface area (TPSA) is 46.5 Å². The van der Waals surface area contributed by atoms with Gasteiger partial charge in [-0.05, 0) is 61.8 Å². The van der Waals surface area contributed by atoms with Gasteiger partial charge in [0, 0.05) is 0 Å². The lowest BCUT2D eigenvalue weighted by atomic mass is 9.75. The van der Waals surface area contributed by atoms with Crippen molar-refractivity contribution in [3.05, 3.63) is 65.7 Å². The fourth-order valence-electron chi connectivity index (χ4n) is 3.40. The van der Waals surface area contributed by atoms with E-state index in [0.29, 0.717) is 12.3 Å². The first kappa shape index (κ1) is 19.0. The van der Waals surface area contributed by atoms with Gasteiger partial charge in [0.25, 0.3) is 0 Å². The first-order valence-corrected chi connectivity index (χ1v) is 8.76. The van der Waals surface area contributed by atoms with Gasteiger partial charge < -0.3 is 9.84 Å². The zero-order chi connectivity index (χ0) is 18.4. The molecule has 2 aromatic rings. The number of rotatable bonds is 7. The maximum atomic E-state index is 12.1. The van der Waals surface area contributed by atoms with Crippen LogP contribution in [-0.2, 0) is 9.53 Å². The third-order valence-electron chi connectivity index (χ3n) is 4.87. The Balaban J connectivity index is 2.25. The highest BCUT2D eigenvalue weighted by molar-refractivity contribution is 5.75. The predicted octanol–water partition coefficient (Wildman–Crippen LogP) is 5.26. The summed E-state index contributed by atoms with van der Waals surface area (Å²) in [5.41, 5.74) is 1.87. The standard InChI is InChI=1S/C22H28O3/c1-16(17-8-6-5-7-9-17)14-19(15-22(2,3)21(24)25-4)18-10-12-20(23)13-11-18/h5-13,16,19,23H,14-15H2,1-4H3. The Morgan fingerprint density at radius 2 is 1.64 bits per heavy atom. The van der Waals surface area contributed by atoms with Crippen LogP contribution in [0.4, 0.5) is 0 Å². The molecule has 0 aliphatic rings. The van der Waals surface area contributed by atoms with E-state index >= 15 is 0 Å². The van der Waals surface area contributed by atoms with Crippen LogP contribution in [0.1, 0.15) is 56.6 Å². The second-order valence-corrected chi connectivity index (χ2v) is 7.42. The quantitative estimate of drug-likeness (QED) is 0.699. The molecular weight excluding hydrogens is 312 g/mol. The first-order valence-electron chi connectivity index (χ1n) is 8.76. The van der Waals surface area contributed by atoms with Crippen LogP contribution >= 0.6 is 0 Å². The molecule has 3 nitrogen and oxygen atoms in total. The molecule has 0 aromatic heterocycles. The molecule has 0 saturated carbocycles. The lowest BCUT2D eigenvalue weighted by Crippen LogP contribution is -2.28. The number of esters is 1. The SMILES string of the molecule is COC(=O)C(C)(C)CC(CC(C)c1ccccc1)c1ccc(O)cc1. The summed E-state index contributed by atoms with van der Waals surface area (Å²) in [7, 11) is 1.44. The number of phenolic OH excluding ortho intramolecular Hbond substituents is 1. The van der Waals surface area contributed by atoms with E-state index in [4.69, 9.17) is 4.74 Å². The average molecular weight is 340 g/mol. The molecule has 0 aliphatic heterocycles. The predicted molar refractivity (Wildman–Crippen MR) is 101 cm³/mol. The van der Waals surface area contributed by atoms with E-state index in [1.807, 2.05) is 32.0 Å². The molecule has 1 N–H and O–H groups in total. The number of hydrogen-bond acceptors (Lipinski definition) is 3. The zero-order valence-electron chi connectivity index (χ0n) is 15.5. The molecule has 2 unspecified atom stereocenters. The number of methoxy groups -OCH3 is 1. The van der Waals surface area contributed by atoms with Gasteiger partial charge in [-0.3, -0.25) is 4.79 Å². The van der Waals surface area contributed by atoms with Crippen molar-refractivity contribution in [1.82, 2.24) is 0 Å². The molecule has 2 rings (SSSR count). The summed E-state index contributed by atoms with van der Waals surface area (Å²) >= 11 is 0. The Morgan fingerprint density at radius 3 is 2.20 bits per heavy atom. The lowest BCUT2D eigenvalue weighted by molar-refractivity contribution is -0.151. The Labute approximate surface area is 150 Å². The van der Waals surface area contributed by atoms with E-state index in [1.165, 1.54) is 12.7 Å². The van der Waals surface area contributed by atoms with Crippen molar-refractivity contribution >= 4 is 5.97 Å². The minimum atomic E-state index is -0.562. The van der Waals surface area contributed by atoms with Crippen molar-refractivity contribution in [2.24, 2.45) is 5.41 Å². The van der Waals surface area contributed by atoms with Gasteiger partial charge in [0.15, 0.2) is 0 Å². The van der Waals surface area contributed by atoms with E-state index in [9.17, 15) is 9.90 Å². The van der Waals surface area contributed by atoms with Crippen LogP contribution in [0.3, 0.4) is 0 Å². The minimum absolute atomic E-state index is 0.191. The summed E-state index contributed by atoms with van der Waals surface area (Å²) < 4.78 is 4.98. The molecule has 0 aliphatic carbocycles. The van der Waals surface area contributed by atoms with E-state index in [2.05, 4.69) is 31.2 Å². The summed E-state index contributed by atoms with van der Waals surface area (Å²) in [5, 5.41) is 9.58. The van der Waals surface area contributed by atoms with E-state index in [0.717, 1.165) is 12.0 Å². The van der Waals surface area contributed by atoms with Crippen molar-refractivity contribution in [2.45, 2.75) is 45.4 Å². The van der Waals surface area contributed by atoms with Crippen molar-refractivity contribution < 1.29 is 14.6 Å². The lowest BCUT2D eigenvalue weighted by Gasteiger charge is -2.29. The Kier molecular flexibility index (Phi) is 6.24. The number of hydrogen-bond donors (Lipinski definition) is 1. The van der Waals surface area contributed by atoms with Crippen LogP contribution in [-0.4, -0.2) is 18.2 Å². The number of carbonyl (C=O) groups excluding carboxylic acids is 1. The smallest absolute Gasteiger partial charge is 0.311 e. The molecule has 0 spiro atoms. The molecule has 2 atom stereocenters. The van der Waals surface area contributed by atoms with Crippen LogP contribution < -0.4 is 0 Å². The second kappa shape index (κ2) is 8.19. The highest BCUT2D eigenvalue weighted by Crippen LogP contribution is 2.39. The molecule has 0 bridgehead atoms. The molecule has 0 fully saturated rings.